The van der Waals surface area contributed by atoms with E-state index in [2.05, 4.69) is 30.1 Å². The average Bonchev–Trinajstić information content (AvgIpc) is 2.91. The van der Waals surface area contributed by atoms with Gasteiger partial charge in [0.1, 0.15) is 0 Å². The van der Waals surface area contributed by atoms with Crippen molar-refractivity contribution in [3.63, 3.8) is 0 Å². The molecule has 5 nitrogen and oxygen atoms in total. The summed E-state index contributed by atoms with van der Waals surface area (Å²) < 4.78 is 5.15. The van der Waals surface area contributed by atoms with Crippen LogP contribution in [0.4, 0.5) is 5.95 Å². The molecule has 1 aliphatic carbocycles. The van der Waals surface area contributed by atoms with Gasteiger partial charge in [-0.25, -0.2) is 0 Å². The Labute approximate surface area is 88.7 Å². The number of hydrogen-bond acceptors (Lipinski definition) is 5. The van der Waals surface area contributed by atoms with Crippen LogP contribution in [0.5, 0.6) is 0 Å². The first-order chi connectivity index (χ1) is 7.30. The second kappa shape index (κ2) is 3.89. The third-order valence-electron chi connectivity index (χ3n) is 2.75. The summed E-state index contributed by atoms with van der Waals surface area (Å²) in [4.78, 5) is 6.33. The Morgan fingerprint density at radius 1 is 1.53 bits per heavy atom. The minimum atomic E-state index is 0.0787. The summed E-state index contributed by atoms with van der Waals surface area (Å²) in [6.07, 6.45) is 0.858. The molecule has 2 rings (SSSR count). The van der Waals surface area contributed by atoms with Crippen molar-refractivity contribution in [2.45, 2.75) is 26.2 Å². The van der Waals surface area contributed by atoms with Gasteiger partial charge >= 0.3 is 0 Å². The molecule has 0 aliphatic heterocycles. The van der Waals surface area contributed by atoms with E-state index in [0.29, 0.717) is 11.8 Å². The van der Waals surface area contributed by atoms with Crippen molar-refractivity contribution in [1.82, 2.24) is 10.1 Å². The van der Waals surface area contributed by atoms with Crippen LogP contribution in [0.2, 0.25) is 0 Å². The number of rotatable bonds is 4. The lowest BCUT2D eigenvalue weighted by molar-refractivity contribution is 0.376. The van der Waals surface area contributed by atoms with E-state index in [9.17, 15) is 0 Å². The zero-order chi connectivity index (χ0) is 10.8. The zero-order valence-electron chi connectivity index (χ0n) is 8.97. The molecule has 2 unspecified atom stereocenters. The molecule has 1 saturated carbocycles. The first-order valence-corrected chi connectivity index (χ1v) is 5.28. The molecule has 1 aromatic rings. The van der Waals surface area contributed by atoms with E-state index < -0.39 is 0 Å². The Kier molecular flexibility index (Phi) is 2.58. The summed E-state index contributed by atoms with van der Waals surface area (Å²) in [6, 6.07) is 2.21. The molecule has 0 saturated heterocycles. The summed E-state index contributed by atoms with van der Waals surface area (Å²) in [6.45, 7) is 5.83. The monoisotopic (exact) mass is 206 g/mol. The van der Waals surface area contributed by atoms with Gasteiger partial charge in [0.15, 0.2) is 0 Å². The topological polar surface area (TPSA) is 66.0 Å². The van der Waals surface area contributed by atoms with E-state index in [1.54, 1.807) is 0 Å². The van der Waals surface area contributed by atoms with Crippen LogP contribution in [-0.2, 0) is 0 Å². The number of anilines is 1. The average molecular weight is 206 g/mol. The summed E-state index contributed by atoms with van der Waals surface area (Å²) in [5.74, 6) is 1.50. The Morgan fingerprint density at radius 2 is 2.27 bits per heavy atom. The number of aromatic nitrogens is 2. The molecule has 0 bridgehead atoms. The fourth-order valence-electron chi connectivity index (χ4n) is 1.62. The maximum absolute atomic E-state index is 8.70. The molecule has 0 radical (unpaired) electrons. The molecular formula is C10H14N4O. The number of nitriles is 1. The molecule has 1 aliphatic rings. The van der Waals surface area contributed by atoms with Gasteiger partial charge in [-0.05, 0) is 25.4 Å². The minimum Gasteiger partial charge on any atom is -0.339 e. The van der Waals surface area contributed by atoms with E-state index in [0.717, 1.165) is 19.5 Å². The maximum Gasteiger partial charge on any atom is 0.266 e. The predicted molar refractivity (Wildman–Crippen MR) is 54.3 cm³/mol. The van der Waals surface area contributed by atoms with Gasteiger partial charge in [0.2, 0.25) is 5.89 Å². The standard InChI is InChI=1S/C10H14N4O/c1-3-14(4-2)10-12-9(15-13-10)8-5-7(8)6-11/h7-8H,3-5H2,1-2H3. The van der Waals surface area contributed by atoms with Gasteiger partial charge in [-0.15, -0.1) is 0 Å². The molecule has 0 aromatic carbocycles. The van der Waals surface area contributed by atoms with Gasteiger partial charge in [0.05, 0.1) is 17.9 Å². The molecule has 1 fully saturated rings. The van der Waals surface area contributed by atoms with Crippen LogP contribution in [-0.4, -0.2) is 23.2 Å². The van der Waals surface area contributed by atoms with Crippen LogP contribution in [0.1, 0.15) is 32.1 Å². The second-order valence-electron chi connectivity index (χ2n) is 3.68. The highest BCUT2D eigenvalue weighted by atomic mass is 16.5. The quantitative estimate of drug-likeness (QED) is 0.747. The van der Waals surface area contributed by atoms with Gasteiger partial charge in [-0.2, -0.15) is 10.2 Å². The van der Waals surface area contributed by atoms with Crippen LogP contribution in [0.3, 0.4) is 0 Å². The fourth-order valence-corrected chi connectivity index (χ4v) is 1.62. The van der Waals surface area contributed by atoms with Crippen molar-refractivity contribution in [3.05, 3.63) is 5.89 Å². The lowest BCUT2D eigenvalue weighted by atomic mass is 10.3. The maximum atomic E-state index is 8.70. The van der Waals surface area contributed by atoms with Crippen molar-refractivity contribution in [2.24, 2.45) is 5.92 Å². The van der Waals surface area contributed by atoms with Gasteiger partial charge < -0.3 is 9.42 Å². The largest absolute Gasteiger partial charge is 0.339 e. The van der Waals surface area contributed by atoms with E-state index >= 15 is 0 Å². The van der Waals surface area contributed by atoms with Crippen LogP contribution >= 0.6 is 0 Å². The zero-order valence-corrected chi connectivity index (χ0v) is 8.97. The SMILES string of the molecule is CCN(CC)c1noc(C2CC2C#N)n1. The molecule has 0 amide bonds. The Bertz CT molecular complexity index is 377. The van der Waals surface area contributed by atoms with Gasteiger partial charge in [0, 0.05) is 13.1 Å². The molecule has 0 N–H and O–H groups in total. The van der Waals surface area contributed by atoms with Crippen molar-refractivity contribution < 1.29 is 4.52 Å². The van der Waals surface area contributed by atoms with E-state index in [-0.39, 0.29) is 11.8 Å². The van der Waals surface area contributed by atoms with Gasteiger partial charge in [-0.1, -0.05) is 0 Å². The molecular weight excluding hydrogens is 192 g/mol. The van der Waals surface area contributed by atoms with Crippen LogP contribution < -0.4 is 4.90 Å². The van der Waals surface area contributed by atoms with Crippen LogP contribution in [0.25, 0.3) is 0 Å². The smallest absolute Gasteiger partial charge is 0.266 e. The Hall–Kier alpha value is -1.57. The molecule has 1 heterocycles. The molecule has 15 heavy (non-hydrogen) atoms. The summed E-state index contributed by atoms with van der Waals surface area (Å²) in [5.41, 5.74) is 0. The van der Waals surface area contributed by atoms with Crippen LogP contribution in [0, 0.1) is 17.2 Å². The highest BCUT2D eigenvalue weighted by molar-refractivity contribution is 5.29. The Balaban J connectivity index is 2.08. The molecule has 80 valence electrons. The molecule has 2 atom stereocenters. The normalized spacial score (nSPS) is 23.5. The van der Waals surface area contributed by atoms with E-state index in [1.807, 2.05) is 4.90 Å². The Morgan fingerprint density at radius 3 is 2.80 bits per heavy atom. The highest BCUT2D eigenvalue weighted by Crippen LogP contribution is 2.46. The van der Waals surface area contributed by atoms with E-state index in [1.165, 1.54) is 0 Å². The molecule has 5 heteroatoms. The van der Waals surface area contributed by atoms with Crippen LogP contribution in [0.15, 0.2) is 4.52 Å². The third-order valence-corrected chi connectivity index (χ3v) is 2.75. The van der Waals surface area contributed by atoms with Crippen molar-refractivity contribution in [3.8, 4) is 6.07 Å². The summed E-state index contributed by atoms with van der Waals surface area (Å²) in [5, 5.41) is 12.6. The first kappa shape index (κ1) is 9.97. The van der Waals surface area contributed by atoms with Crippen molar-refractivity contribution in [1.29, 1.82) is 5.26 Å². The summed E-state index contributed by atoms with van der Waals surface area (Å²) in [7, 11) is 0. The van der Waals surface area contributed by atoms with Crippen molar-refractivity contribution >= 4 is 5.95 Å². The first-order valence-electron chi connectivity index (χ1n) is 5.28. The number of hydrogen-bond donors (Lipinski definition) is 0. The molecule has 0 spiro atoms. The predicted octanol–water partition coefficient (Wildman–Crippen LogP) is 1.54. The lowest BCUT2D eigenvalue weighted by Crippen LogP contribution is -2.22. The fraction of sp³-hybridized carbons (Fsp3) is 0.700. The third kappa shape index (κ3) is 1.80. The van der Waals surface area contributed by atoms with Gasteiger partial charge in [0.25, 0.3) is 5.95 Å². The highest BCUT2D eigenvalue weighted by Gasteiger charge is 2.43. The van der Waals surface area contributed by atoms with Gasteiger partial charge in [-0.3, -0.25) is 0 Å². The number of nitrogens with zero attached hydrogens (tertiary/aromatic N) is 4. The lowest BCUT2D eigenvalue weighted by Gasteiger charge is -2.14. The minimum absolute atomic E-state index is 0.0787. The van der Waals surface area contributed by atoms with E-state index in [4.69, 9.17) is 9.78 Å². The second-order valence-corrected chi connectivity index (χ2v) is 3.68. The van der Waals surface area contributed by atoms with Crippen molar-refractivity contribution in [2.75, 3.05) is 18.0 Å². The molecule has 1 aromatic heterocycles. The summed E-state index contributed by atoms with van der Waals surface area (Å²) >= 11 is 0.